The van der Waals surface area contributed by atoms with Crippen molar-refractivity contribution in [1.29, 1.82) is 0 Å². The molecule has 1 aromatic heterocycles. The Hall–Kier alpha value is -0.800. The topological polar surface area (TPSA) is 51.2 Å². The summed E-state index contributed by atoms with van der Waals surface area (Å²) in [5, 5.41) is 0. The highest BCUT2D eigenvalue weighted by Crippen LogP contribution is 2.27. The molecule has 0 saturated heterocycles. The van der Waals surface area contributed by atoms with Gasteiger partial charge in [0.2, 0.25) is 0 Å². The van der Waals surface area contributed by atoms with Gasteiger partial charge >= 0.3 is 0 Å². The van der Waals surface area contributed by atoms with Gasteiger partial charge in [-0.15, -0.1) is 0 Å². The smallest absolute Gasteiger partial charge is 0.105 e. The minimum absolute atomic E-state index is 0.202. The summed E-state index contributed by atoms with van der Waals surface area (Å²) in [6.45, 7) is 6.37. The molecule has 0 amide bonds. The molecule has 80 valence electrons. The van der Waals surface area contributed by atoms with E-state index < -0.39 is 0 Å². The van der Waals surface area contributed by atoms with Gasteiger partial charge in [-0.1, -0.05) is 20.3 Å². The number of nitrogens with one attached hydrogen (secondary N) is 1. The van der Waals surface area contributed by atoms with E-state index >= 15 is 0 Å². The molecule has 0 bridgehead atoms. The molecule has 0 spiro atoms. The zero-order valence-electron chi connectivity index (χ0n) is 9.21. The lowest BCUT2D eigenvalue weighted by Gasteiger charge is -2.22. The van der Waals surface area contributed by atoms with Crippen molar-refractivity contribution in [1.82, 2.24) is 5.43 Å². The van der Waals surface area contributed by atoms with Crippen LogP contribution < -0.4 is 11.3 Å². The normalized spacial score (nSPS) is 15.4. The van der Waals surface area contributed by atoms with Crippen LogP contribution in [0.4, 0.5) is 0 Å². The van der Waals surface area contributed by atoms with Crippen molar-refractivity contribution in [3.05, 3.63) is 23.7 Å². The van der Waals surface area contributed by atoms with Gasteiger partial charge in [0.05, 0.1) is 12.3 Å². The van der Waals surface area contributed by atoms with E-state index in [2.05, 4.69) is 19.3 Å². The number of aryl methyl sites for hydroxylation is 1. The van der Waals surface area contributed by atoms with E-state index in [0.29, 0.717) is 5.92 Å². The van der Waals surface area contributed by atoms with Crippen LogP contribution >= 0.6 is 0 Å². The lowest BCUT2D eigenvalue weighted by molar-refractivity contribution is 0.362. The van der Waals surface area contributed by atoms with Gasteiger partial charge in [-0.05, 0) is 25.3 Å². The Morgan fingerprint density at radius 1 is 1.57 bits per heavy atom. The molecule has 0 fully saturated rings. The van der Waals surface area contributed by atoms with Crippen molar-refractivity contribution < 1.29 is 4.42 Å². The fourth-order valence-corrected chi connectivity index (χ4v) is 1.90. The third-order valence-corrected chi connectivity index (χ3v) is 2.73. The average Bonchev–Trinajstić information content (AvgIpc) is 2.54. The molecule has 1 aromatic rings. The van der Waals surface area contributed by atoms with E-state index in [9.17, 15) is 0 Å². The van der Waals surface area contributed by atoms with Gasteiger partial charge in [0.15, 0.2) is 0 Å². The zero-order valence-corrected chi connectivity index (χ0v) is 9.21. The molecule has 0 aliphatic rings. The van der Waals surface area contributed by atoms with Crippen LogP contribution in [0.25, 0.3) is 0 Å². The van der Waals surface area contributed by atoms with Gasteiger partial charge < -0.3 is 4.42 Å². The van der Waals surface area contributed by atoms with Crippen molar-refractivity contribution in [3.63, 3.8) is 0 Å². The van der Waals surface area contributed by atoms with E-state index in [4.69, 9.17) is 10.3 Å². The molecule has 1 rings (SSSR count). The second-order valence-electron chi connectivity index (χ2n) is 3.84. The first-order valence-corrected chi connectivity index (χ1v) is 5.20. The Morgan fingerprint density at radius 2 is 2.29 bits per heavy atom. The minimum Gasteiger partial charge on any atom is -0.469 e. The van der Waals surface area contributed by atoms with Crippen LogP contribution in [0, 0.1) is 12.8 Å². The molecule has 3 heteroatoms. The highest BCUT2D eigenvalue weighted by molar-refractivity contribution is 5.20. The summed E-state index contributed by atoms with van der Waals surface area (Å²) in [6.07, 6.45) is 4.06. The molecule has 3 N–H and O–H groups in total. The Balaban J connectivity index is 2.76. The molecule has 0 aliphatic heterocycles. The van der Waals surface area contributed by atoms with Gasteiger partial charge in [0.25, 0.3) is 0 Å². The van der Waals surface area contributed by atoms with Crippen LogP contribution in [-0.2, 0) is 0 Å². The number of nitrogens with two attached hydrogens (primary N) is 1. The zero-order chi connectivity index (χ0) is 10.6. The summed E-state index contributed by atoms with van der Waals surface area (Å²) in [7, 11) is 0. The second-order valence-corrected chi connectivity index (χ2v) is 3.84. The summed E-state index contributed by atoms with van der Waals surface area (Å²) in [5.41, 5.74) is 4.04. The van der Waals surface area contributed by atoms with E-state index in [1.807, 2.05) is 13.0 Å². The summed E-state index contributed by atoms with van der Waals surface area (Å²) in [6, 6.07) is 2.19. The molecular formula is C11H20N2O. The Kier molecular flexibility index (Phi) is 4.17. The predicted octanol–water partition coefficient (Wildman–Crippen LogP) is 2.53. The molecule has 0 radical (unpaired) electrons. The maximum absolute atomic E-state index is 5.57. The SMILES string of the molecule is CCCC(C)C(NN)c1ccoc1C. The standard InChI is InChI=1S/C11H20N2O/c1-4-5-8(2)11(13-12)10-6-7-14-9(10)3/h6-8,11,13H,4-5,12H2,1-3H3. The first-order chi connectivity index (χ1) is 6.70. The van der Waals surface area contributed by atoms with Crippen molar-refractivity contribution in [3.8, 4) is 0 Å². The predicted molar refractivity (Wildman–Crippen MR) is 57.6 cm³/mol. The van der Waals surface area contributed by atoms with Crippen LogP contribution in [0.1, 0.15) is 44.1 Å². The largest absolute Gasteiger partial charge is 0.469 e. The first kappa shape index (κ1) is 11.3. The Morgan fingerprint density at radius 3 is 2.71 bits per heavy atom. The summed E-state index contributed by atoms with van der Waals surface area (Å²) in [5.74, 6) is 7.06. The lowest BCUT2D eigenvalue weighted by Crippen LogP contribution is -2.32. The van der Waals surface area contributed by atoms with Gasteiger partial charge in [-0.2, -0.15) is 0 Å². The average molecular weight is 196 g/mol. The lowest BCUT2D eigenvalue weighted by atomic mass is 9.92. The van der Waals surface area contributed by atoms with Crippen LogP contribution in [0.3, 0.4) is 0 Å². The van der Waals surface area contributed by atoms with E-state index in [1.165, 1.54) is 18.4 Å². The fraction of sp³-hybridized carbons (Fsp3) is 0.636. The Labute approximate surface area is 85.6 Å². The van der Waals surface area contributed by atoms with Gasteiger partial charge in [-0.3, -0.25) is 11.3 Å². The van der Waals surface area contributed by atoms with E-state index in [0.717, 1.165) is 5.76 Å². The number of hydrogen-bond acceptors (Lipinski definition) is 3. The third kappa shape index (κ3) is 2.36. The number of furan rings is 1. The van der Waals surface area contributed by atoms with Crippen LogP contribution in [0.2, 0.25) is 0 Å². The summed E-state index contributed by atoms with van der Waals surface area (Å²) in [4.78, 5) is 0. The molecule has 2 unspecified atom stereocenters. The van der Waals surface area contributed by atoms with Crippen molar-refractivity contribution in [2.24, 2.45) is 11.8 Å². The van der Waals surface area contributed by atoms with Gasteiger partial charge in [0, 0.05) is 5.56 Å². The highest BCUT2D eigenvalue weighted by atomic mass is 16.3. The van der Waals surface area contributed by atoms with Crippen LogP contribution in [-0.4, -0.2) is 0 Å². The summed E-state index contributed by atoms with van der Waals surface area (Å²) >= 11 is 0. The number of hydrogen-bond donors (Lipinski definition) is 2. The minimum atomic E-state index is 0.202. The first-order valence-electron chi connectivity index (χ1n) is 5.20. The van der Waals surface area contributed by atoms with Crippen molar-refractivity contribution >= 4 is 0 Å². The van der Waals surface area contributed by atoms with Crippen molar-refractivity contribution in [2.45, 2.75) is 39.7 Å². The molecular weight excluding hydrogens is 176 g/mol. The third-order valence-electron chi connectivity index (χ3n) is 2.73. The Bertz CT molecular complexity index is 270. The molecule has 0 saturated carbocycles. The monoisotopic (exact) mass is 196 g/mol. The van der Waals surface area contributed by atoms with Crippen LogP contribution in [0.5, 0.6) is 0 Å². The molecule has 1 heterocycles. The van der Waals surface area contributed by atoms with Crippen LogP contribution in [0.15, 0.2) is 16.7 Å². The van der Waals surface area contributed by atoms with Gasteiger partial charge in [0.1, 0.15) is 5.76 Å². The van der Waals surface area contributed by atoms with Crippen molar-refractivity contribution in [2.75, 3.05) is 0 Å². The molecule has 0 aliphatic carbocycles. The maximum Gasteiger partial charge on any atom is 0.105 e. The van der Waals surface area contributed by atoms with E-state index in [1.54, 1.807) is 6.26 Å². The van der Waals surface area contributed by atoms with Gasteiger partial charge in [-0.25, -0.2) is 0 Å². The number of rotatable bonds is 5. The fourth-order valence-electron chi connectivity index (χ4n) is 1.90. The molecule has 3 nitrogen and oxygen atoms in total. The summed E-state index contributed by atoms with van der Waals surface area (Å²) < 4.78 is 5.28. The molecule has 0 aromatic carbocycles. The second kappa shape index (κ2) is 5.17. The molecule has 2 atom stereocenters. The number of hydrazine groups is 1. The molecule has 14 heavy (non-hydrogen) atoms. The maximum atomic E-state index is 5.57. The highest BCUT2D eigenvalue weighted by Gasteiger charge is 2.20. The quantitative estimate of drug-likeness (QED) is 0.562. The van der Waals surface area contributed by atoms with E-state index in [-0.39, 0.29) is 6.04 Å².